The molecule has 0 spiro atoms. The van der Waals surface area contributed by atoms with Crippen molar-refractivity contribution < 1.29 is 4.92 Å². The zero-order valence-electron chi connectivity index (χ0n) is 19.5. The van der Waals surface area contributed by atoms with Gasteiger partial charge in [-0.15, -0.1) is 0 Å². The molecule has 3 rings (SSSR count). The molecule has 172 valence electrons. The van der Waals surface area contributed by atoms with Crippen molar-refractivity contribution in [1.29, 1.82) is 10.5 Å². The number of nitrogens with zero attached hydrogens (tertiary/aromatic N) is 6. The molecule has 2 atom stereocenters. The van der Waals surface area contributed by atoms with E-state index < -0.39 is 16.4 Å². The van der Waals surface area contributed by atoms with E-state index in [0.717, 1.165) is 36.7 Å². The van der Waals surface area contributed by atoms with Crippen LogP contribution < -0.4 is 4.90 Å². The van der Waals surface area contributed by atoms with Gasteiger partial charge in [-0.05, 0) is 56.0 Å². The summed E-state index contributed by atoms with van der Waals surface area (Å²) in [5, 5.41) is 38.9. The number of allylic oxidation sites excluding steroid dienone is 1. The van der Waals surface area contributed by atoms with E-state index in [-0.39, 0.29) is 11.3 Å². The third-order valence-corrected chi connectivity index (χ3v) is 5.90. The number of benzene rings is 2. The molecule has 1 aliphatic rings. The fourth-order valence-electron chi connectivity index (χ4n) is 3.87. The normalized spacial score (nSPS) is 19.6. The van der Waals surface area contributed by atoms with Crippen molar-refractivity contribution in [1.82, 2.24) is 0 Å². The number of rotatable bonds is 8. The lowest BCUT2D eigenvalue weighted by atomic mass is 9.76. The molecular formula is C26H26N6O2. The number of hydrogen-bond acceptors (Lipinski definition) is 7. The van der Waals surface area contributed by atoms with Gasteiger partial charge in [0.05, 0.1) is 28.3 Å². The zero-order chi connectivity index (χ0) is 24.7. The Bertz CT molecular complexity index is 1240. The number of nitriles is 2. The molecule has 8 nitrogen and oxygen atoms in total. The highest BCUT2D eigenvalue weighted by Gasteiger charge is 2.42. The molecule has 0 amide bonds. The lowest BCUT2D eigenvalue weighted by molar-refractivity contribution is -0.420. The van der Waals surface area contributed by atoms with Crippen LogP contribution in [0.4, 0.5) is 11.4 Å². The molecule has 0 bridgehead atoms. The number of anilines is 1. The Balaban J connectivity index is 1.73. The summed E-state index contributed by atoms with van der Waals surface area (Å²) < 4.78 is 0. The predicted molar refractivity (Wildman–Crippen MR) is 130 cm³/mol. The number of aryl methyl sites for hydroxylation is 2. The molecule has 34 heavy (non-hydrogen) atoms. The molecule has 1 aliphatic carbocycles. The van der Waals surface area contributed by atoms with E-state index in [1.54, 1.807) is 0 Å². The maximum atomic E-state index is 11.2. The van der Waals surface area contributed by atoms with E-state index in [0.29, 0.717) is 5.69 Å². The summed E-state index contributed by atoms with van der Waals surface area (Å²) in [6.07, 6.45) is 4.43. The smallest absolute Gasteiger partial charge is 0.268 e. The van der Waals surface area contributed by atoms with Crippen LogP contribution in [0.15, 0.2) is 82.2 Å². The van der Waals surface area contributed by atoms with Gasteiger partial charge in [0.25, 0.3) is 5.70 Å². The maximum Gasteiger partial charge on any atom is 0.268 e. The van der Waals surface area contributed by atoms with Gasteiger partial charge in [-0.2, -0.15) is 20.8 Å². The third-order valence-electron chi connectivity index (χ3n) is 5.90. The van der Waals surface area contributed by atoms with Crippen LogP contribution in [0.25, 0.3) is 0 Å². The van der Waals surface area contributed by atoms with Gasteiger partial charge in [0.2, 0.25) is 0 Å². The molecule has 0 saturated carbocycles. The van der Waals surface area contributed by atoms with Crippen LogP contribution in [-0.2, 0) is 6.42 Å². The Morgan fingerprint density at radius 2 is 1.94 bits per heavy atom. The van der Waals surface area contributed by atoms with E-state index >= 15 is 0 Å². The lowest BCUT2D eigenvalue weighted by Gasteiger charge is -2.26. The quantitative estimate of drug-likeness (QED) is 0.289. The Kier molecular flexibility index (Phi) is 7.55. The predicted octanol–water partition coefficient (Wildman–Crippen LogP) is 5.67. The average molecular weight is 455 g/mol. The van der Waals surface area contributed by atoms with E-state index in [2.05, 4.69) is 45.5 Å². The van der Waals surface area contributed by atoms with E-state index in [9.17, 15) is 20.6 Å². The van der Waals surface area contributed by atoms with Crippen molar-refractivity contribution in [3.05, 3.63) is 93.2 Å². The molecule has 0 aromatic heterocycles. The van der Waals surface area contributed by atoms with E-state index in [1.165, 1.54) is 18.6 Å². The number of azo groups is 1. The second kappa shape index (κ2) is 10.5. The highest BCUT2D eigenvalue weighted by Crippen LogP contribution is 2.37. The van der Waals surface area contributed by atoms with Crippen LogP contribution in [-0.4, -0.2) is 24.6 Å². The lowest BCUT2D eigenvalue weighted by Crippen LogP contribution is -2.32. The topological polar surface area (TPSA) is 119 Å². The van der Waals surface area contributed by atoms with Crippen LogP contribution >= 0.6 is 0 Å². The molecular weight excluding hydrogens is 428 g/mol. The molecule has 0 fully saturated rings. The highest BCUT2D eigenvalue weighted by atomic mass is 16.6. The van der Waals surface area contributed by atoms with E-state index in [4.69, 9.17) is 0 Å². The second-order valence-corrected chi connectivity index (χ2v) is 8.53. The molecule has 0 radical (unpaired) electrons. The summed E-state index contributed by atoms with van der Waals surface area (Å²) in [5.41, 5.74) is 2.29. The van der Waals surface area contributed by atoms with E-state index in [1.807, 2.05) is 44.3 Å². The molecule has 0 aliphatic heterocycles. The maximum absolute atomic E-state index is 11.2. The molecule has 0 N–H and O–H groups in total. The monoisotopic (exact) mass is 454 g/mol. The Hall–Kier alpha value is -4.30. The summed E-state index contributed by atoms with van der Waals surface area (Å²) in [6.45, 7) is 4.34. The summed E-state index contributed by atoms with van der Waals surface area (Å²) >= 11 is 0. The fourth-order valence-corrected chi connectivity index (χ4v) is 3.87. The second-order valence-electron chi connectivity index (χ2n) is 8.53. The minimum Gasteiger partial charge on any atom is -0.375 e. The van der Waals surface area contributed by atoms with Crippen molar-refractivity contribution in [2.24, 2.45) is 15.6 Å². The molecule has 2 aromatic rings. The van der Waals surface area contributed by atoms with Crippen LogP contribution in [0.5, 0.6) is 0 Å². The zero-order valence-corrected chi connectivity index (χ0v) is 19.5. The first-order valence-corrected chi connectivity index (χ1v) is 10.9. The highest BCUT2D eigenvalue weighted by molar-refractivity contribution is 5.57. The Morgan fingerprint density at radius 3 is 2.56 bits per heavy atom. The first-order chi connectivity index (χ1) is 16.3. The van der Waals surface area contributed by atoms with Gasteiger partial charge in [-0.25, -0.2) is 0 Å². The van der Waals surface area contributed by atoms with Gasteiger partial charge in [0.1, 0.15) is 11.5 Å². The first-order valence-electron chi connectivity index (χ1n) is 10.9. The van der Waals surface area contributed by atoms with Crippen molar-refractivity contribution in [3.8, 4) is 12.1 Å². The van der Waals surface area contributed by atoms with Crippen LogP contribution in [0.3, 0.4) is 0 Å². The van der Waals surface area contributed by atoms with Crippen molar-refractivity contribution in [2.45, 2.75) is 32.7 Å². The standard InChI is InChI=1S/C26H26N6O2/c1-19-14-22(31(3)13-7-10-20-8-5-4-6-9-20)11-12-24(19)29-30-25-21(17-27)15-23(32(33)34)16-26(25,2)18-28/h4-6,8-9,11-12,14-16,25H,7,10,13H2,1-3H3. The number of hydrogen-bond donors (Lipinski definition) is 0. The van der Waals surface area contributed by atoms with Gasteiger partial charge in [-0.3, -0.25) is 10.1 Å². The van der Waals surface area contributed by atoms with Gasteiger partial charge >= 0.3 is 0 Å². The summed E-state index contributed by atoms with van der Waals surface area (Å²) in [6, 6.07) is 19.3. The largest absolute Gasteiger partial charge is 0.375 e. The van der Waals surface area contributed by atoms with Crippen LogP contribution in [0.2, 0.25) is 0 Å². The van der Waals surface area contributed by atoms with Gasteiger partial charge < -0.3 is 4.90 Å². The first kappa shape index (κ1) is 24.3. The average Bonchev–Trinajstić information content (AvgIpc) is 2.84. The van der Waals surface area contributed by atoms with Crippen molar-refractivity contribution >= 4 is 11.4 Å². The molecule has 0 heterocycles. The summed E-state index contributed by atoms with van der Waals surface area (Å²) in [5.74, 6) is 0. The van der Waals surface area contributed by atoms with Crippen LogP contribution in [0.1, 0.15) is 24.5 Å². The van der Waals surface area contributed by atoms with Gasteiger partial charge in [-0.1, -0.05) is 30.3 Å². The van der Waals surface area contributed by atoms with Crippen molar-refractivity contribution in [3.63, 3.8) is 0 Å². The SMILES string of the molecule is Cc1cc(N(C)CCCc2ccccc2)ccc1N=NC1C(C#N)=CC([N+](=O)[O-])=CC1(C)C#N. The van der Waals surface area contributed by atoms with Gasteiger partial charge in [0, 0.05) is 31.4 Å². The Labute approximate surface area is 199 Å². The third kappa shape index (κ3) is 5.54. The van der Waals surface area contributed by atoms with Gasteiger partial charge in [0.15, 0.2) is 0 Å². The molecule has 2 aromatic carbocycles. The molecule has 8 heteroatoms. The fraction of sp³-hybridized carbons (Fsp3) is 0.308. The summed E-state index contributed by atoms with van der Waals surface area (Å²) in [4.78, 5) is 12.8. The Morgan fingerprint density at radius 1 is 1.21 bits per heavy atom. The number of nitro groups is 1. The minimum atomic E-state index is -1.35. The minimum absolute atomic E-state index is 0.0365. The molecule has 0 saturated heterocycles. The summed E-state index contributed by atoms with van der Waals surface area (Å²) in [7, 11) is 2.05. The van der Waals surface area contributed by atoms with Crippen molar-refractivity contribution in [2.75, 3.05) is 18.5 Å². The molecule has 2 unspecified atom stereocenters. The van der Waals surface area contributed by atoms with Crippen LogP contribution in [0, 0.1) is 45.1 Å².